The Bertz CT molecular complexity index is 482. The molecule has 0 radical (unpaired) electrons. The number of aromatic hydroxyl groups is 1. The van der Waals surface area contributed by atoms with Crippen molar-refractivity contribution in [2.45, 2.75) is 59.3 Å². The van der Waals surface area contributed by atoms with Crippen molar-refractivity contribution in [1.82, 2.24) is 5.43 Å². The molecule has 0 spiro atoms. The number of hydrazone groups is 1. The molecule has 0 atom stereocenters. The summed E-state index contributed by atoms with van der Waals surface area (Å²) in [6.07, 6.45) is 0. The Kier molecular flexibility index (Phi) is 4.52. The van der Waals surface area contributed by atoms with Crippen LogP contribution >= 0.6 is 0 Å². The van der Waals surface area contributed by atoms with Crippen molar-refractivity contribution in [3.8, 4) is 5.75 Å². The van der Waals surface area contributed by atoms with Crippen LogP contribution in [0.1, 0.15) is 65.2 Å². The van der Waals surface area contributed by atoms with Crippen LogP contribution in [0.25, 0.3) is 0 Å². The van der Waals surface area contributed by atoms with Crippen LogP contribution in [0, 0.1) is 0 Å². The Balaban J connectivity index is 3.63. The third-order valence-corrected chi connectivity index (χ3v) is 3.42. The highest BCUT2D eigenvalue weighted by Gasteiger charge is 2.26. The Labute approximate surface area is 123 Å². The molecule has 0 heterocycles. The van der Waals surface area contributed by atoms with Gasteiger partial charge in [0.15, 0.2) is 0 Å². The average Bonchev–Trinajstić information content (AvgIpc) is 2.26. The summed E-state index contributed by atoms with van der Waals surface area (Å²) in [6, 6.07) is 4.08. The fourth-order valence-corrected chi connectivity index (χ4v) is 2.22. The highest BCUT2D eigenvalue weighted by Crippen LogP contribution is 2.39. The lowest BCUT2D eigenvalue weighted by Crippen LogP contribution is -2.19. The van der Waals surface area contributed by atoms with Gasteiger partial charge in [-0.05, 0) is 35.4 Å². The molecule has 0 saturated heterocycles. The van der Waals surface area contributed by atoms with Crippen LogP contribution in [0.15, 0.2) is 17.2 Å². The SMILES string of the molecule is CN/N=C(\C)c1cc(C(C)(C)C)c(O)c(C(C)(C)C)c1. The fraction of sp³-hybridized carbons (Fsp3) is 0.588. The minimum atomic E-state index is -0.111. The van der Waals surface area contributed by atoms with E-state index in [-0.39, 0.29) is 10.8 Å². The van der Waals surface area contributed by atoms with Crippen LogP contribution in [0.5, 0.6) is 5.75 Å². The van der Waals surface area contributed by atoms with Gasteiger partial charge in [0.05, 0.1) is 5.71 Å². The van der Waals surface area contributed by atoms with Crippen LogP contribution in [0.3, 0.4) is 0 Å². The Morgan fingerprint density at radius 2 is 1.40 bits per heavy atom. The molecule has 0 bridgehead atoms. The second-order valence-electron chi connectivity index (χ2n) is 7.34. The maximum Gasteiger partial charge on any atom is 0.123 e. The molecule has 1 aromatic rings. The van der Waals surface area contributed by atoms with Gasteiger partial charge in [-0.2, -0.15) is 5.10 Å². The molecule has 0 aliphatic carbocycles. The van der Waals surface area contributed by atoms with E-state index in [9.17, 15) is 5.11 Å². The molecule has 2 N–H and O–H groups in total. The second kappa shape index (κ2) is 5.47. The van der Waals surface area contributed by atoms with Crippen molar-refractivity contribution < 1.29 is 5.11 Å². The molecule has 0 unspecified atom stereocenters. The number of hydrogen-bond donors (Lipinski definition) is 2. The van der Waals surface area contributed by atoms with Crippen LogP contribution in [-0.4, -0.2) is 17.9 Å². The molecule has 1 aromatic carbocycles. The smallest absolute Gasteiger partial charge is 0.123 e. The molecule has 3 nitrogen and oxygen atoms in total. The molecular weight excluding hydrogens is 248 g/mol. The van der Waals surface area contributed by atoms with Crippen molar-refractivity contribution in [3.05, 3.63) is 28.8 Å². The first-order chi connectivity index (χ1) is 8.98. The van der Waals surface area contributed by atoms with E-state index in [2.05, 4.69) is 52.1 Å². The Hall–Kier alpha value is -1.51. The first-order valence-electron chi connectivity index (χ1n) is 7.08. The number of benzene rings is 1. The molecular formula is C17H28N2O. The molecule has 3 heteroatoms. The summed E-state index contributed by atoms with van der Waals surface area (Å²) >= 11 is 0. The summed E-state index contributed by atoms with van der Waals surface area (Å²) in [4.78, 5) is 0. The predicted molar refractivity (Wildman–Crippen MR) is 86.8 cm³/mol. The van der Waals surface area contributed by atoms with Gasteiger partial charge in [0.25, 0.3) is 0 Å². The number of nitrogens with one attached hydrogen (secondary N) is 1. The van der Waals surface area contributed by atoms with E-state index in [4.69, 9.17) is 0 Å². The lowest BCUT2D eigenvalue weighted by atomic mass is 9.78. The van der Waals surface area contributed by atoms with Crippen molar-refractivity contribution in [3.63, 3.8) is 0 Å². The molecule has 20 heavy (non-hydrogen) atoms. The zero-order valence-electron chi connectivity index (χ0n) is 14.0. The lowest BCUT2D eigenvalue weighted by molar-refractivity contribution is 0.423. The van der Waals surface area contributed by atoms with Gasteiger partial charge in [-0.3, -0.25) is 0 Å². The highest BCUT2D eigenvalue weighted by atomic mass is 16.3. The minimum absolute atomic E-state index is 0.111. The molecule has 112 valence electrons. The third-order valence-electron chi connectivity index (χ3n) is 3.42. The Morgan fingerprint density at radius 3 is 1.70 bits per heavy atom. The first kappa shape index (κ1) is 16.5. The van der Waals surface area contributed by atoms with Crippen LogP contribution in [0.4, 0.5) is 0 Å². The summed E-state index contributed by atoms with van der Waals surface area (Å²) in [6.45, 7) is 14.7. The number of hydrogen-bond acceptors (Lipinski definition) is 3. The maximum absolute atomic E-state index is 10.6. The van der Waals surface area contributed by atoms with E-state index in [1.54, 1.807) is 7.05 Å². The number of rotatable bonds is 2. The monoisotopic (exact) mass is 276 g/mol. The van der Waals surface area contributed by atoms with E-state index >= 15 is 0 Å². The summed E-state index contributed by atoms with van der Waals surface area (Å²) < 4.78 is 0. The van der Waals surface area contributed by atoms with Crippen molar-refractivity contribution in [2.75, 3.05) is 7.05 Å². The van der Waals surface area contributed by atoms with Gasteiger partial charge in [-0.1, -0.05) is 41.5 Å². The lowest BCUT2D eigenvalue weighted by Gasteiger charge is -2.28. The molecule has 1 rings (SSSR count). The number of nitrogens with zero attached hydrogens (tertiary/aromatic N) is 1. The second-order valence-corrected chi connectivity index (χ2v) is 7.34. The van der Waals surface area contributed by atoms with Gasteiger partial charge in [0.1, 0.15) is 5.75 Å². The van der Waals surface area contributed by atoms with Crippen molar-refractivity contribution >= 4 is 5.71 Å². The number of phenolic OH excluding ortho intramolecular Hbond substituents is 1. The summed E-state index contributed by atoms with van der Waals surface area (Å²) in [7, 11) is 1.79. The largest absolute Gasteiger partial charge is 0.507 e. The summed E-state index contributed by atoms with van der Waals surface area (Å²) in [5, 5.41) is 14.9. The van der Waals surface area contributed by atoms with Crippen LogP contribution in [-0.2, 0) is 10.8 Å². The predicted octanol–water partition coefficient (Wildman–Crippen LogP) is 3.93. The van der Waals surface area contributed by atoms with Gasteiger partial charge in [0.2, 0.25) is 0 Å². The standard InChI is InChI=1S/C17H28N2O/c1-11(19-18-8)12-9-13(16(2,3)4)15(20)14(10-12)17(5,6)7/h9-10,18,20H,1-8H3/b19-11+. The molecule has 0 aromatic heterocycles. The molecule has 0 aliphatic rings. The molecule has 0 fully saturated rings. The quantitative estimate of drug-likeness (QED) is 0.635. The van der Waals surface area contributed by atoms with Gasteiger partial charge in [0, 0.05) is 18.2 Å². The van der Waals surface area contributed by atoms with Gasteiger partial charge >= 0.3 is 0 Å². The molecule has 0 amide bonds. The maximum atomic E-state index is 10.6. The normalized spacial score (nSPS) is 13.5. The number of phenols is 1. The van der Waals surface area contributed by atoms with Gasteiger partial charge in [-0.15, -0.1) is 0 Å². The highest BCUT2D eigenvalue weighted by molar-refractivity contribution is 5.99. The Morgan fingerprint density at radius 1 is 1.00 bits per heavy atom. The minimum Gasteiger partial charge on any atom is -0.507 e. The average molecular weight is 276 g/mol. The molecule has 0 aliphatic heterocycles. The third kappa shape index (κ3) is 3.53. The zero-order valence-corrected chi connectivity index (χ0v) is 14.0. The van der Waals surface area contributed by atoms with Gasteiger partial charge < -0.3 is 10.5 Å². The van der Waals surface area contributed by atoms with E-state index in [1.165, 1.54) is 0 Å². The topological polar surface area (TPSA) is 44.6 Å². The van der Waals surface area contributed by atoms with E-state index in [0.29, 0.717) is 5.75 Å². The van der Waals surface area contributed by atoms with E-state index in [1.807, 2.05) is 19.1 Å². The van der Waals surface area contributed by atoms with Crippen LogP contribution in [0.2, 0.25) is 0 Å². The first-order valence-corrected chi connectivity index (χ1v) is 7.08. The summed E-state index contributed by atoms with van der Waals surface area (Å²) in [5.74, 6) is 0.408. The van der Waals surface area contributed by atoms with Crippen LogP contribution < -0.4 is 5.43 Å². The van der Waals surface area contributed by atoms with Crippen molar-refractivity contribution in [2.24, 2.45) is 5.10 Å². The summed E-state index contributed by atoms with van der Waals surface area (Å²) in [5.41, 5.74) is 6.50. The van der Waals surface area contributed by atoms with E-state index in [0.717, 1.165) is 22.4 Å². The zero-order chi connectivity index (χ0) is 15.7. The van der Waals surface area contributed by atoms with Gasteiger partial charge in [-0.25, -0.2) is 0 Å². The molecule has 0 saturated carbocycles. The van der Waals surface area contributed by atoms with Crippen molar-refractivity contribution in [1.29, 1.82) is 0 Å². The fourth-order valence-electron chi connectivity index (χ4n) is 2.22. The van der Waals surface area contributed by atoms with E-state index < -0.39 is 0 Å².